The van der Waals surface area contributed by atoms with Crippen molar-refractivity contribution in [1.29, 1.82) is 0 Å². The van der Waals surface area contributed by atoms with Crippen molar-refractivity contribution in [3.8, 4) is 17.2 Å². The van der Waals surface area contributed by atoms with Crippen LogP contribution in [-0.4, -0.2) is 54.6 Å². The highest BCUT2D eigenvalue weighted by atomic mass is 16.5. The molecule has 0 atom stereocenters. The van der Waals surface area contributed by atoms with Crippen LogP contribution in [0, 0.1) is 0 Å². The van der Waals surface area contributed by atoms with Crippen LogP contribution in [0.3, 0.4) is 0 Å². The number of guanidine groups is 1. The molecular formula is C16H27N3O4. The molecule has 0 fully saturated rings. The van der Waals surface area contributed by atoms with Crippen LogP contribution in [0.4, 0.5) is 0 Å². The van der Waals surface area contributed by atoms with Gasteiger partial charge in [-0.3, -0.25) is 4.99 Å². The quantitative estimate of drug-likeness (QED) is 0.406. The van der Waals surface area contributed by atoms with Gasteiger partial charge in [0.05, 0.1) is 21.3 Å². The second kappa shape index (κ2) is 10.6. The molecule has 1 aromatic carbocycles. The zero-order valence-electron chi connectivity index (χ0n) is 14.6. The lowest BCUT2D eigenvalue weighted by molar-refractivity contribution is 0.195. The van der Waals surface area contributed by atoms with Crippen molar-refractivity contribution in [2.45, 2.75) is 13.0 Å². The molecule has 0 amide bonds. The molecule has 0 aliphatic carbocycles. The lowest BCUT2D eigenvalue weighted by atomic mass is 10.2. The number of methoxy groups -OCH3 is 4. The Balaban J connectivity index is 2.69. The molecule has 0 heterocycles. The van der Waals surface area contributed by atoms with E-state index in [2.05, 4.69) is 15.6 Å². The summed E-state index contributed by atoms with van der Waals surface area (Å²) in [5, 5.41) is 6.47. The molecule has 0 unspecified atom stereocenters. The van der Waals surface area contributed by atoms with Crippen LogP contribution in [0.2, 0.25) is 0 Å². The number of nitrogens with one attached hydrogen (secondary N) is 2. The minimum absolute atomic E-state index is 0.584. The minimum Gasteiger partial charge on any atom is -0.493 e. The summed E-state index contributed by atoms with van der Waals surface area (Å²) >= 11 is 0. The Kier molecular flexibility index (Phi) is 8.67. The van der Waals surface area contributed by atoms with Crippen molar-refractivity contribution in [2.75, 3.05) is 48.6 Å². The minimum atomic E-state index is 0.584. The molecule has 1 rings (SSSR count). The smallest absolute Gasteiger partial charge is 0.203 e. The van der Waals surface area contributed by atoms with Gasteiger partial charge in [-0.05, 0) is 24.1 Å². The summed E-state index contributed by atoms with van der Waals surface area (Å²) in [5.74, 6) is 2.58. The first kappa shape index (κ1) is 18.9. The van der Waals surface area contributed by atoms with E-state index in [0.717, 1.165) is 31.1 Å². The maximum Gasteiger partial charge on any atom is 0.203 e. The summed E-state index contributed by atoms with van der Waals surface area (Å²) in [4.78, 5) is 4.19. The van der Waals surface area contributed by atoms with Gasteiger partial charge in [0.15, 0.2) is 17.5 Å². The van der Waals surface area contributed by atoms with Gasteiger partial charge in [0.25, 0.3) is 0 Å². The molecule has 0 saturated heterocycles. The second-order valence-electron chi connectivity index (χ2n) is 4.73. The Morgan fingerprint density at radius 2 is 1.65 bits per heavy atom. The highest BCUT2D eigenvalue weighted by Crippen LogP contribution is 2.38. The van der Waals surface area contributed by atoms with E-state index in [4.69, 9.17) is 18.9 Å². The number of hydrogen-bond donors (Lipinski definition) is 2. The third-order valence-electron chi connectivity index (χ3n) is 3.23. The number of rotatable bonds is 9. The Morgan fingerprint density at radius 3 is 2.13 bits per heavy atom. The number of ether oxygens (including phenoxy) is 4. The van der Waals surface area contributed by atoms with E-state index in [1.807, 2.05) is 12.1 Å². The molecule has 0 aliphatic rings. The van der Waals surface area contributed by atoms with Crippen LogP contribution in [0.1, 0.15) is 12.0 Å². The van der Waals surface area contributed by atoms with Gasteiger partial charge in [-0.25, -0.2) is 0 Å². The van der Waals surface area contributed by atoms with E-state index in [1.165, 1.54) is 0 Å². The van der Waals surface area contributed by atoms with Crippen LogP contribution in [0.15, 0.2) is 17.1 Å². The molecule has 0 radical (unpaired) electrons. The summed E-state index contributed by atoms with van der Waals surface area (Å²) in [5.41, 5.74) is 0.999. The molecule has 23 heavy (non-hydrogen) atoms. The number of nitrogens with zero attached hydrogens (tertiary/aromatic N) is 1. The molecule has 7 heteroatoms. The average Bonchev–Trinajstić information content (AvgIpc) is 2.59. The van der Waals surface area contributed by atoms with Gasteiger partial charge in [-0.1, -0.05) is 0 Å². The maximum atomic E-state index is 5.35. The average molecular weight is 325 g/mol. The largest absolute Gasteiger partial charge is 0.493 e. The number of aliphatic imine (C=N–C) groups is 1. The van der Waals surface area contributed by atoms with Gasteiger partial charge in [-0.15, -0.1) is 0 Å². The van der Waals surface area contributed by atoms with E-state index in [1.54, 1.807) is 35.5 Å². The van der Waals surface area contributed by atoms with Crippen molar-refractivity contribution >= 4 is 5.96 Å². The molecule has 0 aliphatic heterocycles. The Bertz CT molecular complexity index is 481. The highest BCUT2D eigenvalue weighted by molar-refractivity contribution is 5.79. The van der Waals surface area contributed by atoms with Crippen molar-refractivity contribution in [3.63, 3.8) is 0 Å². The number of benzene rings is 1. The third-order valence-corrected chi connectivity index (χ3v) is 3.23. The molecule has 7 nitrogen and oxygen atoms in total. The molecule has 0 spiro atoms. The molecule has 130 valence electrons. The first-order valence-electron chi connectivity index (χ1n) is 7.42. The zero-order valence-corrected chi connectivity index (χ0v) is 14.6. The lowest BCUT2D eigenvalue weighted by Gasteiger charge is -2.16. The fraction of sp³-hybridized carbons (Fsp3) is 0.562. The summed E-state index contributed by atoms with van der Waals surface area (Å²) in [6.07, 6.45) is 0.918. The van der Waals surface area contributed by atoms with Gasteiger partial charge in [0, 0.05) is 33.9 Å². The van der Waals surface area contributed by atoms with E-state index in [0.29, 0.717) is 23.8 Å². The van der Waals surface area contributed by atoms with Gasteiger partial charge >= 0.3 is 0 Å². The zero-order chi connectivity index (χ0) is 17.1. The fourth-order valence-corrected chi connectivity index (χ4v) is 2.07. The summed E-state index contributed by atoms with van der Waals surface area (Å²) < 4.78 is 21.0. The summed E-state index contributed by atoms with van der Waals surface area (Å²) in [6, 6.07) is 3.82. The van der Waals surface area contributed by atoms with Crippen LogP contribution in [-0.2, 0) is 11.3 Å². The standard InChI is InChI=1S/C16H27N3O4/c1-17-16(18-7-6-8-20-2)19-11-12-9-13(21-3)15(23-5)14(10-12)22-4/h9-10H,6-8,11H2,1-5H3,(H2,17,18,19). The van der Waals surface area contributed by atoms with Gasteiger partial charge < -0.3 is 29.6 Å². The molecule has 0 bridgehead atoms. The lowest BCUT2D eigenvalue weighted by Crippen LogP contribution is -2.37. The Morgan fingerprint density at radius 1 is 1.00 bits per heavy atom. The maximum absolute atomic E-state index is 5.35. The number of hydrogen-bond acceptors (Lipinski definition) is 5. The SMILES string of the molecule is CN=C(NCCCOC)NCc1cc(OC)c(OC)c(OC)c1. The third kappa shape index (κ3) is 5.86. The first-order chi connectivity index (χ1) is 11.2. The topological polar surface area (TPSA) is 73.3 Å². The second-order valence-corrected chi connectivity index (χ2v) is 4.73. The van der Waals surface area contributed by atoms with Crippen LogP contribution < -0.4 is 24.8 Å². The monoisotopic (exact) mass is 325 g/mol. The van der Waals surface area contributed by atoms with Crippen LogP contribution in [0.25, 0.3) is 0 Å². The van der Waals surface area contributed by atoms with Crippen LogP contribution in [0.5, 0.6) is 17.2 Å². The van der Waals surface area contributed by atoms with E-state index < -0.39 is 0 Å². The molecular weight excluding hydrogens is 298 g/mol. The Hall–Kier alpha value is -2.15. The molecule has 1 aromatic rings. The summed E-state index contributed by atoms with van der Waals surface area (Å²) in [6.45, 7) is 2.10. The van der Waals surface area contributed by atoms with E-state index >= 15 is 0 Å². The fourth-order valence-electron chi connectivity index (χ4n) is 2.07. The van der Waals surface area contributed by atoms with E-state index in [-0.39, 0.29) is 0 Å². The predicted molar refractivity (Wildman–Crippen MR) is 90.8 cm³/mol. The van der Waals surface area contributed by atoms with E-state index in [9.17, 15) is 0 Å². The van der Waals surface area contributed by atoms with Crippen molar-refractivity contribution in [2.24, 2.45) is 4.99 Å². The van der Waals surface area contributed by atoms with Crippen molar-refractivity contribution < 1.29 is 18.9 Å². The summed E-state index contributed by atoms with van der Waals surface area (Å²) in [7, 11) is 8.22. The molecule has 0 aromatic heterocycles. The van der Waals surface area contributed by atoms with Crippen molar-refractivity contribution in [1.82, 2.24) is 10.6 Å². The molecule has 0 saturated carbocycles. The van der Waals surface area contributed by atoms with Gasteiger partial charge in [0.1, 0.15) is 0 Å². The first-order valence-corrected chi connectivity index (χ1v) is 7.42. The normalized spacial score (nSPS) is 11.1. The highest BCUT2D eigenvalue weighted by Gasteiger charge is 2.13. The van der Waals surface area contributed by atoms with Gasteiger partial charge in [0.2, 0.25) is 5.75 Å². The van der Waals surface area contributed by atoms with Crippen LogP contribution >= 0.6 is 0 Å². The van der Waals surface area contributed by atoms with Crippen molar-refractivity contribution in [3.05, 3.63) is 17.7 Å². The Labute approximate surface area is 138 Å². The molecule has 2 N–H and O–H groups in total. The van der Waals surface area contributed by atoms with Gasteiger partial charge in [-0.2, -0.15) is 0 Å². The predicted octanol–water partition coefficient (Wildman–Crippen LogP) is 1.41.